The van der Waals surface area contributed by atoms with Crippen LogP contribution in [0.3, 0.4) is 0 Å². The number of aliphatic hydroxyl groups excluding tert-OH is 1. The zero-order chi connectivity index (χ0) is 10.2. The van der Waals surface area contributed by atoms with Gasteiger partial charge in [-0.3, -0.25) is 4.90 Å². The third-order valence-electron chi connectivity index (χ3n) is 2.68. The van der Waals surface area contributed by atoms with E-state index < -0.39 is 0 Å². The summed E-state index contributed by atoms with van der Waals surface area (Å²) in [5.74, 6) is 0. The highest BCUT2D eigenvalue weighted by molar-refractivity contribution is 4.67. The van der Waals surface area contributed by atoms with Gasteiger partial charge in [-0.25, -0.2) is 0 Å². The number of ether oxygens (including phenoxy) is 1. The molecule has 0 bridgehead atoms. The van der Waals surface area contributed by atoms with Gasteiger partial charge in [-0.2, -0.15) is 0 Å². The molecule has 1 saturated heterocycles. The van der Waals surface area contributed by atoms with Gasteiger partial charge in [-0.15, -0.1) is 0 Å². The molecule has 1 unspecified atom stereocenters. The topological polar surface area (TPSA) is 44.7 Å². The van der Waals surface area contributed by atoms with E-state index in [9.17, 15) is 0 Å². The van der Waals surface area contributed by atoms with Crippen molar-refractivity contribution in [2.75, 3.05) is 46.0 Å². The number of hydrogen-bond donors (Lipinski definition) is 2. The van der Waals surface area contributed by atoms with Gasteiger partial charge in [0.25, 0.3) is 0 Å². The average molecular weight is 202 g/mol. The zero-order valence-electron chi connectivity index (χ0n) is 9.04. The van der Waals surface area contributed by atoms with Gasteiger partial charge in [-0.1, -0.05) is 6.92 Å². The Kier molecular flexibility index (Phi) is 6.10. The second-order valence-electron chi connectivity index (χ2n) is 3.70. The van der Waals surface area contributed by atoms with E-state index in [4.69, 9.17) is 9.84 Å². The SMILES string of the molecule is CCC(CO)NCCN1CCOCC1. The normalized spacial score (nSPS) is 21.0. The van der Waals surface area contributed by atoms with E-state index >= 15 is 0 Å². The molecule has 1 heterocycles. The summed E-state index contributed by atoms with van der Waals surface area (Å²) in [4.78, 5) is 2.39. The molecule has 14 heavy (non-hydrogen) atoms. The molecule has 0 amide bonds. The molecule has 0 aromatic carbocycles. The maximum atomic E-state index is 8.97. The Morgan fingerprint density at radius 1 is 1.43 bits per heavy atom. The molecular weight excluding hydrogens is 180 g/mol. The molecule has 2 N–H and O–H groups in total. The van der Waals surface area contributed by atoms with E-state index in [0.29, 0.717) is 0 Å². The van der Waals surface area contributed by atoms with Crippen molar-refractivity contribution in [2.45, 2.75) is 19.4 Å². The van der Waals surface area contributed by atoms with E-state index in [-0.39, 0.29) is 12.6 Å². The predicted molar refractivity (Wildman–Crippen MR) is 56.4 cm³/mol. The molecule has 0 aliphatic carbocycles. The van der Waals surface area contributed by atoms with Gasteiger partial charge < -0.3 is 15.2 Å². The molecule has 1 fully saturated rings. The maximum Gasteiger partial charge on any atom is 0.0594 e. The minimum Gasteiger partial charge on any atom is -0.395 e. The zero-order valence-corrected chi connectivity index (χ0v) is 9.04. The van der Waals surface area contributed by atoms with Gasteiger partial charge in [0.1, 0.15) is 0 Å². The third-order valence-corrected chi connectivity index (χ3v) is 2.68. The maximum absolute atomic E-state index is 8.97. The molecule has 0 aromatic rings. The Morgan fingerprint density at radius 2 is 2.14 bits per heavy atom. The number of morpholine rings is 1. The summed E-state index contributed by atoms with van der Waals surface area (Å²) in [6.07, 6.45) is 0.986. The lowest BCUT2D eigenvalue weighted by Gasteiger charge is -2.27. The van der Waals surface area contributed by atoms with Crippen molar-refractivity contribution in [3.05, 3.63) is 0 Å². The van der Waals surface area contributed by atoms with Crippen LogP contribution in [0.5, 0.6) is 0 Å². The van der Waals surface area contributed by atoms with Crippen molar-refractivity contribution in [2.24, 2.45) is 0 Å². The Morgan fingerprint density at radius 3 is 2.71 bits per heavy atom. The van der Waals surface area contributed by atoms with Gasteiger partial charge in [0, 0.05) is 32.2 Å². The fraction of sp³-hybridized carbons (Fsp3) is 1.00. The van der Waals surface area contributed by atoms with Crippen molar-refractivity contribution >= 4 is 0 Å². The van der Waals surface area contributed by atoms with Gasteiger partial charge in [0.05, 0.1) is 19.8 Å². The van der Waals surface area contributed by atoms with Crippen LogP contribution in [0, 0.1) is 0 Å². The van der Waals surface area contributed by atoms with Crippen LogP contribution in [0.2, 0.25) is 0 Å². The van der Waals surface area contributed by atoms with E-state index in [2.05, 4.69) is 17.1 Å². The summed E-state index contributed by atoms with van der Waals surface area (Å²) < 4.78 is 5.27. The van der Waals surface area contributed by atoms with Crippen molar-refractivity contribution in [1.29, 1.82) is 0 Å². The van der Waals surface area contributed by atoms with Gasteiger partial charge in [-0.05, 0) is 6.42 Å². The first kappa shape index (κ1) is 11.9. The minimum absolute atomic E-state index is 0.236. The molecule has 1 aliphatic rings. The third kappa shape index (κ3) is 4.37. The first-order valence-corrected chi connectivity index (χ1v) is 5.51. The van der Waals surface area contributed by atoms with Crippen LogP contribution in [0.25, 0.3) is 0 Å². The van der Waals surface area contributed by atoms with E-state index in [1.807, 2.05) is 0 Å². The molecule has 0 saturated carbocycles. The number of rotatable bonds is 6. The average Bonchev–Trinajstić information content (AvgIpc) is 2.26. The number of hydrogen-bond acceptors (Lipinski definition) is 4. The van der Waals surface area contributed by atoms with Crippen LogP contribution in [-0.2, 0) is 4.74 Å². The highest BCUT2D eigenvalue weighted by Gasteiger charge is 2.10. The molecule has 1 atom stereocenters. The molecule has 0 radical (unpaired) electrons. The van der Waals surface area contributed by atoms with Crippen molar-refractivity contribution < 1.29 is 9.84 Å². The first-order chi connectivity index (χ1) is 6.86. The van der Waals surface area contributed by atoms with Gasteiger partial charge >= 0.3 is 0 Å². The van der Waals surface area contributed by atoms with Crippen LogP contribution < -0.4 is 5.32 Å². The smallest absolute Gasteiger partial charge is 0.0594 e. The quantitative estimate of drug-likeness (QED) is 0.619. The van der Waals surface area contributed by atoms with E-state index in [0.717, 1.165) is 45.8 Å². The molecule has 4 nitrogen and oxygen atoms in total. The highest BCUT2D eigenvalue weighted by atomic mass is 16.5. The van der Waals surface area contributed by atoms with Crippen molar-refractivity contribution in [3.63, 3.8) is 0 Å². The highest BCUT2D eigenvalue weighted by Crippen LogP contribution is 1.95. The van der Waals surface area contributed by atoms with Crippen LogP contribution in [0.4, 0.5) is 0 Å². The standard InChI is InChI=1S/C10H22N2O2/c1-2-10(9-13)11-3-4-12-5-7-14-8-6-12/h10-11,13H,2-9H2,1H3. The van der Waals surface area contributed by atoms with Gasteiger partial charge in [0.15, 0.2) is 0 Å². The summed E-state index contributed by atoms with van der Waals surface area (Å²) in [6, 6.07) is 0.260. The monoisotopic (exact) mass is 202 g/mol. The molecule has 1 rings (SSSR count). The summed E-state index contributed by atoms with van der Waals surface area (Å²) >= 11 is 0. The van der Waals surface area contributed by atoms with E-state index in [1.165, 1.54) is 0 Å². The molecular formula is C10H22N2O2. The second-order valence-corrected chi connectivity index (χ2v) is 3.70. The Balaban J connectivity index is 2.01. The van der Waals surface area contributed by atoms with Crippen molar-refractivity contribution in [3.8, 4) is 0 Å². The van der Waals surface area contributed by atoms with Crippen molar-refractivity contribution in [1.82, 2.24) is 10.2 Å². The number of aliphatic hydroxyl groups is 1. The lowest BCUT2D eigenvalue weighted by Crippen LogP contribution is -2.42. The number of nitrogens with one attached hydrogen (secondary N) is 1. The fourth-order valence-corrected chi connectivity index (χ4v) is 1.59. The second kappa shape index (κ2) is 7.17. The minimum atomic E-state index is 0.236. The number of nitrogens with zero attached hydrogens (tertiary/aromatic N) is 1. The fourth-order valence-electron chi connectivity index (χ4n) is 1.59. The van der Waals surface area contributed by atoms with Crippen LogP contribution in [0.1, 0.15) is 13.3 Å². The first-order valence-electron chi connectivity index (χ1n) is 5.51. The van der Waals surface area contributed by atoms with Gasteiger partial charge in [0.2, 0.25) is 0 Å². The lowest BCUT2D eigenvalue weighted by molar-refractivity contribution is 0.0378. The molecule has 0 spiro atoms. The molecule has 1 aliphatic heterocycles. The Hall–Kier alpha value is -0.160. The van der Waals surface area contributed by atoms with Crippen LogP contribution >= 0.6 is 0 Å². The van der Waals surface area contributed by atoms with Crippen LogP contribution in [0.15, 0.2) is 0 Å². The summed E-state index contributed by atoms with van der Waals surface area (Å²) in [7, 11) is 0. The summed E-state index contributed by atoms with van der Waals surface area (Å²) in [5.41, 5.74) is 0. The van der Waals surface area contributed by atoms with E-state index in [1.54, 1.807) is 0 Å². The largest absolute Gasteiger partial charge is 0.395 e. The molecule has 0 aromatic heterocycles. The molecule has 84 valence electrons. The van der Waals surface area contributed by atoms with Crippen LogP contribution in [-0.4, -0.2) is 62.0 Å². The predicted octanol–water partition coefficient (Wildman–Crippen LogP) is -0.321. The Labute approximate surface area is 86.2 Å². The lowest BCUT2D eigenvalue weighted by atomic mass is 10.2. The molecule has 4 heteroatoms. The summed E-state index contributed by atoms with van der Waals surface area (Å²) in [6.45, 7) is 8.13. The Bertz CT molecular complexity index is 134. The summed E-state index contributed by atoms with van der Waals surface area (Å²) in [5, 5.41) is 12.3.